The number of amides is 2. The largest absolute Gasteiger partial charge is 0.397 e. The number of nitrogens with two attached hydrogens (primary N) is 1. The summed E-state index contributed by atoms with van der Waals surface area (Å²) in [7, 11) is 3.07. The molecule has 1 aliphatic rings. The maximum atomic E-state index is 12.0. The summed E-state index contributed by atoms with van der Waals surface area (Å²) in [4.78, 5) is 24.2. The second-order valence-corrected chi connectivity index (χ2v) is 5.84. The van der Waals surface area contributed by atoms with Crippen LogP contribution in [0.3, 0.4) is 0 Å². The molecule has 2 heterocycles. The van der Waals surface area contributed by atoms with Crippen LogP contribution < -0.4 is 21.7 Å². The second-order valence-electron chi connectivity index (χ2n) is 4.82. The Morgan fingerprint density at radius 1 is 1.33 bits per heavy atom. The molecule has 1 atom stereocenters. The molecule has 1 unspecified atom stereocenters. The van der Waals surface area contributed by atoms with Crippen LogP contribution in [0.25, 0.3) is 0 Å². The Kier molecular flexibility index (Phi) is 5.03. The Morgan fingerprint density at radius 2 is 2.05 bits per heavy atom. The zero-order valence-electron chi connectivity index (χ0n) is 12.1. The summed E-state index contributed by atoms with van der Waals surface area (Å²) in [5.41, 5.74) is 6.51. The van der Waals surface area contributed by atoms with E-state index in [0.717, 1.165) is 13.0 Å². The van der Waals surface area contributed by atoms with E-state index in [-0.39, 0.29) is 17.5 Å². The fraction of sp³-hybridized carbons (Fsp3) is 0.538. The normalized spacial score (nSPS) is 17.5. The van der Waals surface area contributed by atoms with Gasteiger partial charge in [-0.1, -0.05) is 0 Å². The first-order valence-electron chi connectivity index (χ1n) is 6.76. The van der Waals surface area contributed by atoms with E-state index in [2.05, 4.69) is 16.0 Å². The molecule has 0 spiro atoms. The molecule has 5 N–H and O–H groups in total. The highest BCUT2D eigenvalue weighted by Crippen LogP contribution is 2.36. The quantitative estimate of drug-likeness (QED) is 0.633. The number of carbonyl (C=O) groups excluding carboxylic acids is 2. The summed E-state index contributed by atoms with van der Waals surface area (Å²) in [5, 5.41) is 8.93. The third-order valence-corrected chi connectivity index (χ3v) is 4.57. The number of hydrogen-bond donors (Lipinski definition) is 4. The van der Waals surface area contributed by atoms with Gasteiger partial charge in [0.1, 0.15) is 9.88 Å². The molecule has 8 heteroatoms. The number of rotatable bonds is 5. The van der Waals surface area contributed by atoms with Crippen LogP contribution in [0.15, 0.2) is 0 Å². The molecule has 2 amide bonds. The van der Waals surface area contributed by atoms with Crippen molar-refractivity contribution in [2.75, 3.05) is 44.9 Å². The van der Waals surface area contributed by atoms with Crippen LogP contribution in [0.2, 0.25) is 0 Å². The number of hydrogen-bond acceptors (Lipinski definition) is 6. The Hall–Kier alpha value is -1.80. The minimum absolute atomic E-state index is 0.212. The van der Waals surface area contributed by atoms with Gasteiger partial charge in [-0.3, -0.25) is 9.59 Å². The van der Waals surface area contributed by atoms with Crippen molar-refractivity contribution in [3.8, 4) is 0 Å². The number of ether oxygens (including phenoxy) is 1. The molecule has 1 aromatic rings. The average molecular weight is 312 g/mol. The number of carbonyl (C=O) groups is 2. The summed E-state index contributed by atoms with van der Waals surface area (Å²) in [6, 6.07) is 0. The van der Waals surface area contributed by atoms with Crippen LogP contribution >= 0.6 is 11.3 Å². The number of anilines is 2. The summed E-state index contributed by atoms with van der Waals surface area (Å²) < 4.78 is 5.32. The average Bonchev–Trinajstić information content (AvgIpc) is 3.11. The molecule has 0 bridgehead atoms. The lowest BCUT2D eigenvalue weighted by Gasteiger charge is -2.10. The van der Waals surface area contributed by atoms with Gasteiger partial charge in [-0.05, 0) is 6.42 Å². The van der Waals surface area contributed by atoms with E-state index in [9.17, 15) is 9.59 Å². The Balaban J connectivity index is 2.24. The van der Waals surface area contributed by atoms with E-state index in [0.29, 0.717) is 34.5 Å². The monoisotopic (exact) mass is 312 g/mol. The van der Waals surface area contributed by atoms with Crippen molar-refractivity contribution in [3.63, 3.8) is 0 Å². The van der Waals surface area contributed by atoms with E-state index in [1.165, 1.54) is 25.4 Å². The summed E-state index contributed by atoms with van der Waals surface area (Å²) in [6.07, 6.45) is 0.992. The summed E-state index contributed by atoms with van der Waals surface area (Å²) in [5.74, 6) is -0.182. The fourth-order valence-electron chi connectivity index (χ4n) is 2.18. The molecule has 21 heavy (non-hydrogen) atoms. The third-order valence-electron chi connectivity index (χ3n) is 3.41. The SMILES string of the molecule is CNC(=O)c1sc(NCC2CCOC2)c(C(=O)NC)c1N. The van der Waals surface area contributed by atoms with Crippen molar-refractivity contribution in [2.24, 2.45) is 5.92 Å². The minimum atomic E-state index is -0.302. The molecule has 116 valence electrons. The summed E-state index contributed by atoms with van der Waals surface area (Å²) >= 11 is 1.20. The molecule has 1 aromatic heterocycles. The van der Waals surface area contributed by atoms with Crippen molar-refractivity contribution in [3.05, 3.63) is 10.4 Å². The number of nitrogens with one attached hydrogen (secondary N) is 3. The molecule has 0 aliphatic carbocycles. The van der Waals surface area contributed by atoms with Crippen molar-refractivity contribution < 1.29 is 14.3 Å². The van der Waals surface area contributed by atoms with Crippen LogP contribution in [0, 0.1) is 5.92 Å². The third kappa shape index (κ3) is 3.27. The van der Waals surface area contributed by atoms with Gasteiger partial charge in [0.25, 0.3) is 11.8 Å². The van der Waals surface area contributed by atoms with Gasteiger partial charge in [0, 0.05) is 33.2 Å². The van der Waals surface area contributed by atoms with Crippen LogP contribution in [0.4, 0.5) is 10.7 Å². The van der Waals surface area contributed by atoms with E-state index in [1.807, 2.05) is 0 Å². The minimum Gasteiger partial charge on any atom is -0.397 e. The fourth-order valence-corrected chi connectivity index (χ4v) is 3.25. The molecule has 0 aromatic carbocycles. The standard InChI is InChI=1S/C13H20N4O3S/c1-15-11(18)8-9(14)10(12(19)16-2)21-13(8)17-5-7-3-4-20-6-7/h7,17H,3-6,14H2,1-2H3,(H,15,18)(H,16,19). The highest BCUT2D eigenvalue weighted by molar-refractivity contribution is 7.19. The molecular formula is C13H20N4O3S. The number of nitrogen functional groups attached to an aromatic ring is 1. The van der Waals surface area contributed by atoms with E-state index >= 15 is 0 Å². The van der Waals surface area contributed by atoms with Gasteiger partial charge in [-0.2, -0.15) is 0 Å². The lowest BCUT2D eigenvalue weighted by Crippen LogP contribution is -2.22. The lowest BCUT2D eigenvalue weighted by molar-refractivity contribution is 0.0963. The molecule has 1 saturated heterocycles. The van der Waals surface area contributed by atoms with Crippen LogP contribution in [0.1, 0.15) is 26.5 Å². The van der Waals surface area contributed by atoms with Gasteiger partial charge in [0.05, 0.1) is 17.9 Å². The molecule has 0 saturated carbocycles. The molecule has 1 aliphatic heterocycles. The van der Waals surface area contributed by atoms with Gasteiger partial charge in [0.15, 0.2) is 0 Å². The molecule has 1 fully saturated rings. The smallest absolute Gasteiger partial charge is 0.263 e. The Labute approximate surface area is 127 Å². The van der Waals surface area contributed by atoms with Gasteiger partial charge in [-0.25, -0.2) is 0 Å². The predicted molar refractivity (Wildman–Crippen MR) is 82.9 cm³/mol. The highest BCUT2D eigenvalue weighted by atomic mass is 32.1. The molecular weight excluding hydrogens is 292 g/mol. The van der Waals surface area contributed by atoms with E-state index in [4.69, 9.17) is 10.5 Å². The van der Waals surface area contributed by atoms with E-state index < -0.39 is 0 Å². The topological polar surface area (TPSA) is 105 Å². The van der Waals surface area contributed by atoms with Crippen LogP contribution in [0.5, 0.6) is 0 Å². The number of thiophene rings is 1. The molecule has 7 nitrogen and oxygen atoms in total. The van der Waals surface area contributed by atoms with Gasteiger partial charge in [-0.15, -0.1) is 11.3 Å². The zero-order valence-corrected chi connectivity index (χ0v) is 12.9. The zero-order chi connectivity index (χ0) is 15.4. The first kappa shape index (κ1) is 15.6. The van der Waals surface area contributed by atoms with Gasteiger partial charge < -0.3 is 26.4 Å². The van der Waals surface area contributed by atoms with Crippen molar-refractivity contribution in [1.29, 1.82) is 0 Å². The lowest BCUT2D eigenvalue weighted by atomic mass is 10.1. The van der Waals surface area contributed by atoms with Crippen LogP contribution in [-0.2, 0) is 4.74 Å². The van der Waals surface area contributed by atoms with Crippen molar-refractivity contribution in [2.45, 2.75) is 6.42 Å². The van der Waals surface area contributed by atoms with Crippen molar-refractivity contribution >= 4 is 33.8 Å². The summed E-state index contributed by atoms with van der Waals surface area (Å²) in [6.45, 7) is 2.17. The maximum absolute atomic E-state index is 12.0. The van der Waals surface area contributed by atoms with Crippen LogP contribution in [-0.4, -0.2) is 45.7 Å². The van der Waals surface area contributed by atoms with Gasteiger partial charge >= 0.3 is 0 Å². The Bertz CT molecular complexity index is 538. The van der Waals surface area contributed by atoms with E-state index in [1.54, 1.807) is 0 Å². The molecule has 0 radical (unpaired) electrons. The van der Waals surface area contributed by atoms with Crippen molar-refractivity contribution in [1.82, 2.24) is 10.6 Å². The first-order chi connectivity index (χ1) is 10.1. The first-order valence-corrected chi connectivity index (χ1v) is 7.58. The Morgan fingerprint density at radius 3 is 2.62 bits per heavy atom. The molecule has 2 rings (SSSR count). The van der Waals surface area contributed by atoms with Gasteiger partial charge in [0.2, 0.25) is 0 Å². The highest BCUT2D eigenvalue weighted by Gasteiger charge is 2.25. The predicted octanol–water partition coefficient (Wildman–Crippen LogP) is 0.498. The maximum Gasteiger partial charge on any atom is 0.263 e. The second kappa shape index (κ2) is 6.77.